The molecule has 0 unspecified atom stereocenters. The van der Waals surface area contributed by atoms with Crippen molar-refractivity contribution in [3.63, 3.8) is 0 Å². The molecule has 90 valence electrons. The van der Waals surface area contributed by atoms with Gasteiger partial charge < -0.3 is 5.32 Å². The van der Waals surface area contributed by atoms with Crippen LogP contribution >= 0.6 is 0 Å². The fourth-order valence-electron chi connectivity index (χ4n) is 1.95. The standard InChI is InChI=1S/C14H14N4/c1-10-4-3-5-11(8-10)12-9-18-7-6-13(15-2)17-14(18)16-12/h3-9H,1-2H3,(H,15,16,17)/i2-1. The number of aromatic nitrogens is 3. The van der Waals surface area contributed by atoms with Crippen molar-refractivity contribution in [1.29, 1.82) is 0 Å². The van der Waals surface area contributed by atoms with Gasteiger partial charge in [0.25, 0.3) is 0 Å². The molecule has 2 aromatic heterocycles. The predicted molar refractivity (Wildman–Crippen MR) is 72.7 cm³/mol. The summed E-state index contributed by atoms with van der Waals surface area (Å²) in [7, 11) is 1.85. The molecule has 0 saturated heterocycles. The Hall–Kier alpha value is -2.36. The zero-order valence-corrected chi connectivity index (χ0v) is 10.4. The highest BCUT2D eigenvalue weighted by molar-refractivity contribution is 5.62. The van der Waals surface area contributed by atoms with E-state index in [-0.39, 0.29) is 0 Å². The molecule has 0 spiro atoms. The van der Waals surface area contributed by atoms with Crippen LogP contribution in [0.2, 0.25) is 0 Å². The summed E-state index contributed by atoms with van der Waals surface area (Å²) >= 11 is 0. The van der Waals surface area contributed by atoms with Crippen molar-refractivity contribution in [2.75, 3.05) is 12.4 Å². The number of nitrogens with one attached hydrogen (secondary N) is 1. The van der Waals surface area contributed by atoms with Crippen LogP contribution in [0.3, 0.4) is 0 Å². The van der Waals surface area contributed by atoms with Crippen molar-refractivity contribution in [3.8, 4) is 11.3 Å². The predicted octanol–water partition coefficient (Wildman–Crippen LogP) is 2.75. The van der Waals surface area contributed by atoms with Crippen LogP contribution in [0, 0.1) is 6.92 Å². The molecule has 3 aromatic rings. The second-order valence-electron chi connectivity index (χ2n) is 4.27. The molecule has 0 amide bonds. The van der Waals surface area contributed by atoms with Gasteiger partial charge in [-0.05, 0) is 19.1 Å². The maximum atomic E-state index is 4.54. The number of hydrogen-bond donors (Lipinski definition) is 1. The number of fused-ring (bicyclic) bond motifs is 1. The van der Waals surface area contributed by atoms with E-state index in [1.54, 1.807) is 0 Å². The number of anilines is 1. The zero-order chi connectivity index (χ0) is 12.5. The summed E-state index contributed by atoms with van der Waals surface area (Å²) in [6.45, 7) is 2.08. The molecule has 0 atom stereocenters. The molecule has 0 fully saturated rings. The normalized spacial score (nSPS) is 10.8. The maximum absolute atomic E-state index is 4.54. The Morgan fingerprint density at radius 2 is 2.06 bits per heavy atom. The van der Waals surface area contributed by atoms with E-state index in [4.69, 9.17) is 0 Å². The molecule has 18 heavy (non-hydrogen) atoms. The molecule has 3 rings (SSSR count). The second kappa shape index (κ2) is 4.14. The minimum Gasteiger partial charge on any atom is -0.373 e. The first-order valence-corrected chi connectivity index (χ1v) is 5.87. The molecule has 1 aromatic carbocycles. The van der Waals surface area contributed by atoms with E-state index >= 15 is 0 Å². The lowest BCUT2D eigenvalue weighted by Crippen LogP contribution is -1.94. The molecular formula is C14H14N4. The van der Waals surface area contributed by atoms with Gasteiger partial charge in [-0.3, -0.25) is 4.40 Å². The fraction of sp³-hybridized carbons (Fsp3) is 0.143. The monoisotopic (exact) mass is 237 g/mol. The highest BCUT2D eigenvalue weighted by Crippen LogP contribution is 2.20. The van der Waals surface area contributed by atoms with Crippen molar-refractivity contribution in [1.82, 2.24) is 14.4 Å². The average molecular weight is 237 g/mol. The molecule has 0 aliphatic carbocycles. The van der Waals surface area contributed by atoms with E-state index in [1.807, 2.05) is 36.0 Å². The van der Waals surface area contributed by atoms with Crippen LogP contribution < -0.4 is 5.32 Å². The average Bonchev–Trinajstić information content (AvgIpc) is 2.81. The van der Waals surface area contributed by atoms with Gasteiger partial charge >= 0.3 is 0 Å². The van der Waals surface area contributed by atoms with Crippen LogP contribution in [0.1, 0.15) is 5.56 Å². The van der Waals surface area contributed by atoms with Crippen molar-refractivity contribution in [3.05, 3.63) is 48.3 Å². The lowest BCUT2D eigenvalue weighted by atomic mass is 10.1. The maximum Gasteiger partial charge on any atom is 0.236 e. The van der Waals surface area contributed by atoms with Gasteiger partial charge in [-0.1, -0.05) is 23.8 Å². The fourth-order valence-corrected chi connectivity index (χ4v) is 1.95. The van der Waals surface area contributed by atoms with Gasteiger partial charge in [-0.15, -0.1) is 0 Å². The van der Waals surface area contributed by atoms with E-state index in [0.29, 0.717) is 5.78 Å². The summed E-state index contributed by atoms with van der Waals surface area (Å²) in [5.41, 5.74) is 3.29. The minimum atomic E-state index is 0.707. The highest BCUT2D eigenvalue weighted by Gasteiger charge is 2.05. The Kier molecular flexibility index (Phi) is 2.48. The van der Waals surface area contributed by atoms with Gasteiger partial charge in [0.1, 0.15) is 5.82 Å². The first kappa shape index (κ1) is 10.8. The number of hydrogen-bond acceptors (Lipinski definition) is 3. The van der Waals surface area contributed by atoms with Gasteiger partial charge in [-0.25, -0.2) is 4.98 Å². The molecule has 4 nitrogen and oxygen atoms in total. The van der Waals surface area contributed by atoms with E-state index in [9.17, 15) is 0 Å². The third-order valence-electron chi connectivity index (χ3n) is 2.90. The van der Waals surface area contributed by atoms with Gasteiger partial charge in [0.15, 0.2) is 0 Å². The molecule has 0 radical (unpaired) electrons. The first-order chi connectivity index (χ1) is 8.76. The van der Waals surface area contributed by atoms with Crippen molar-refractivity contribution < 1.29 is 0 Å². The molecular weight excluding hydrogens is 223 g/mol. The summed E-state index contributed by atoms with van der Waals surface area (Å²) in [6.07, 6.45) is 3.96. The summed E-state index contributed by atoms with van der Waals surface area (Å²) < 4.78 is 1.93. The van der Waals surface area contributed by atoms with Crippen molar-refractivity contribution in [2.45, 2.75) is 6.92 Å². The molecule has 0 aliphatic heterocycles. The third-order valence-corrected chi connectivity index (χ3v) is 2.90. The van der Waals surface area contributed by atoms with Crippen LogP contribution in [0.4, 0.5) is 5.82 Å². The summed E-state index contributed by atoms with van der Waals surface area (Å²) in [5, 5.41) is 3.01. The number of nitrogens with zero attached hydrogens (tertiary/aromatic N) is 3. The molecule has 0 bridgehead atoms. The Labute approximate surface area is 105 Å². The second-order valence-corrected chi connectivity index (χ2v) is 4.27. The van der Waals surface area contributed by atoms with Crippen LogP contribution in [0.15, 0.2) is 42.7 Å². The Morgan fingerprint density at radius 3 is 2.83 bits per heavy atom. The highest BCUT2D eigenvalue weighted by atomic mass is 15.1. The Morgan fingerprint density at radius 1 is 1.17 bits per heavy atom. The molecule has 4 heteroatoms. The third kappa shape index (κ3) is 1.82. The van der Waals surface area contributed by atoms with Gasteiger partial charge in [0.05, 0.1) is 5.69 Å². The SMILES string of the molecule is Cc1cccc(-c2cn3ccc(N[11CH3])nc3n2)c1. The topological polar surface area (TPSA) is 42.2 Å². The number of rotatable bonds is 2. The number of aryl methyl sites for hydroxylation is 1. The van der Waals surface area contributed by atoms with Gasteiger partial charge in [-0.2, -0.15) is 4.98 Å². The molecule has 0 aliphatic rings. The van der Waals surface area contributed by atoms with E-state index in [0.717, 1.165) is 17.1 Å². The van der Waals surface area contributed by atoms with E-state index in [1.165, 1.54) is 5.56 Å². The molecule has 2 heterocycles. The first-order valence-electron chi connectivity index (χ1n) is 5.87. The molecule has 1 N–H and O–H groups in total. The quantitative estimate of drug-likeness (QED) is 0.745. The zero-order valence-electron chi connectivity index (χ0n) is 10.4. The lowest BCUT2D eigenvalue weighted by Gasteiger charge is -1.97. The Bertz CT molecular complexity index is 700. The van der Waals surface area contributed by atoms with E-state index in [2.05, 4.69) is 40.4 Å². The van der Waals surface area contributed by atoms with E-state index < -0.39 is 0 Å². The van der Waals surface area contributed by atoms with Crippen LogP contribution in [-0.4, -0.2) is 21.4 Å². The minimum absolute atomic E-state index is 0.707. The van der Waals surface area contributed by atoms with Crippen LogP contribution in [0.5, 0.6) is 0 Å². The number of benzene rings is 1. The smallest absolute Gasteiger partial charge is 0.236 e. The summed E-state index contributed by atoms with van der Waals surface area (Å²) in [4.78, 5) is 8.95. The summed E-state index contributed by atoms with van der Waals surface area (Å²) in [5.74, 6) is 1.53. The Balaban J connectivity index is 2.13. The largest absolute Gasteiger partial charge is 0.373 e. The van der Waals surface area contributed by atoms with Crippen molar-refractivity contribution in [2.24, 2.45) is 0 Å². The molecule has 0 saturated carbocycles. The van der Waals surface area contributed by atoms with Crippen LogP contribution in [0.25, 0.3) is 17.0 Å². The summed E-state index contributed by atoms with van der Waals surface area (Å²) in [6, 6.07) is 10.2. The lowest BCUT2D eigenvalue weighted by molar-refractivity contribution is 1.11. The van der Waals surface area contributed by atoms with Crippen LogP contribution in [-0.2, 0) is 0 Å². The van der Waals surface area contributed by atoms with Gasteiger partial charge in [0, 0.05) is 25.0 Å². The number of imidazole rings is 1. The van der Waals surface area contributed by atoms with Gasteiger partial charge in [0.2, 0.25) is 5.78 Å². The van der Waals surface area contributed by atoms with Crippen molar-refractivity contribution >= 4 is 11.6 Å².